The molecule has 0 saturated carbocycles. The van der Waals surface area contributed by atoms with Gasteiger partial charge in [-0.05, 0) is 26.7 Å². The Morgan fingerprint density at radius 3 is 2.81 bits per heavy atom. The molecule has 7 nitrogen and oxygen atoms in total. The fourth-order valence-electron chi connectivity index (χ4n) is 2.55. The Balaban J connectivity index is 2.38. The van der Waals surface area contributed by atoms with Crippen molar-refractivity contribution in [2.24, 2.45) is 11.7 Å². The van der Waals surface area contributed by atoms with Gasteiger partial charge in [-0.2, -0.15) is 0 Å². The summed E-state index contributed by atoms with van der Waals surface area (Å²) in [6.45, 7) is 3.94. The molecule has 21 heavy (non-hydrogen) atoms. The summed E-state index contributed by atoms with van der Waals surface area (Å²) >= 11 is 1.20. The van der Waals surface area contributed by atoms with Gasteiger partial charge in [0.25, 0.3) is 0 Å². The molecule has 0 radical (unpaired) electrons. The first kappa shape index (κ1) is 15.7. The highest BCUT2D eigenvalue weighted by atomic mass is 32.1. The summed E-state index contributed by atoms with van der Waals surface area (Å²) in [7, 11) is 0. The van der Waals surface area contributed by atoms with Crippen molar-refractivity contribution >= 4 is 27.9 Å². The summed E-state index contributed by atoms with van der Waals surface area (Å²) in [5, 5.41) is 21.4. The van der Waals surface area contributed by atoms with Crippen molar-refractivity contribution in [3.8, 4) is 0 Å². The minimum atomic E-state index is -0.755. The number of amides is 1. The van der Waals surface area contributed by atoms with Gasteiger partial charge in [-0.1, -0.05) is 0 Å². The minimum absolute atomic E-state index is 0.0205. The number of nitro groups is 1. The van der Waals surface area contributed by atoms with Crippen LogP contribution in [0, 0.1) is 16.0 Å². The van der Waals surface area contributed by atoms with Crippen LogP contribution in [0.2, 0.25) is 0 Å². The summed E-state index contributed by atoms with van der Waals surface area (Å²) in [5.74, 6) is -0.667. The van der Waals surface area contributed by atoms with E-state index in [1.807, 2.05) is 11.8 Å². The second-order valence-corrected chi connectivity index (χ2v) is 6.51. The van der Waals surface area contributed by atoms with E-state index in [2.05, 4.69) is 0 Å². The maximum atomic E-state index is 11.4. The number of piperidine rings is 1. The first-order valence-electron chi connectivity index (χ1n) is 6.83. The number of aliphatic hydroxyl groups excluding tert-OH is 1. The number of thiophene rings is 1. The second kappa shape index (κ2) is 5.98. The monoisotopic (exact) mass is 313 g/mol. The van der Waals surface area contributed by atoms with E-state index in [1.54, 1.807) is 6.92 Å². The summed E-state index contributed by atoms with van der Waals surface area (Å²) in [4.78, 5) is 24.6. The zero-order chi connectivity index (χ0) is 15.7. The average Bonchev–Trinajstić information content (AvgIpc) is 2.84. The molecule has 0 spiro atoms. The predicted molar refractivity (Wildman–Crippen MR) is 80.3 cm³/mol. The van der Waals surface area contributed by atoms with Crippen molar-refractivity contribution in [2.45, 2.75) is 38.8 Å². The highest BCUT2D eigenvalue weighted by Gasteiger charge is 2.34. The SMILES string of the molecule is CC1CCC(C(N)=O)CN1c1sc([C@H](C)O)cc1[N+](=O)[O-]. The summed E-state index contributed by atoms with van der Waals surface area (Å²) in [6.07, 6.45) is 0.705. The number of nitrogens with zero attached hydrogens (tertiary/aromatic N) is 2. The molecule has 1 aromatic heterocycles. The quantitative estimate of drug-likeness (QED) is 0.650. The topological polar surface area (TPSA) is 110 Å². The lowest BCUT2D eigenvalue weighted by molar-refractivity contribution is -0.383. The van der Waals surface area contributed by atoms with E-state index in [0.29, 0.717) is 22.8 Å². The van der Waals surface area contributed by atoms with Gasteiger partial charge >= 0.3 is 5.69 Å². The molecule has 1 saturated heterocycles. The number of nitrogens with two attached hydrogens (primary N) is 1. The lowest BCUT2D eigenvalue weighted by atomic mass is 9.93. The minimum Gasteiger partial charge on any atom is -0.388 e. The van der Waals surface area contributed by atoms with Crippen LogP contribution in [0.3, 0.4) is 0 Å². The number of anilines is 1. The van der Waals surface area contributed by atoms with Crippen LogP contribution >= 0.6 is 11.3 Å². The zero-order valence-electron chi connectivity index (χ0n) is 12.0. The van der Waals surface area contributed by atoms with Crippen molar-refractivity contribution < 1.29 is 14.8 Å². The third kappa shape index (κ3) is 3.16. The lowest BCUT2D eigenvalue weighted by Crippen LogP contribution is -2.45. The van der Waals surface area contributed by atoms with Gasteiger partial charge in [0.2, 0.25) is 5.91 Å². The van der Waals surface area contributed by atoms with E-state index >= 15 is 0 Å². The molecule has 2 rings (SSSR count). The van der Waals surface area contributed by atoms with Gasteiger partial charge in [-0.15, -0.1) is 11.3 Å². The predicted octanol–water partition coefficient (Wildman–Crippen LogP) is 1.80. The number of rotatable bonds is 4. The maximum Gasteiger partial charge on any atom is 0.304 e. The molecule has 0 aliphatic carbocycles. The first-order chi connectivity index (χ1) is 9.81. The van der Waals surface area contributed by atoms with Crippen molar-refractivity contribution in [3.63, 3.8) is 0 Å². The van der Waals surface area contributed by atoms with E-state index in [0.717, 1.165) is 6.42 Å². The molecule has 1 amide bonds. The van der Waals surface area contributed by atoms with Crippen LogP contribution in [0.5, 0.6) is 0 Å². The van der Waals surface area contributed by atoms with E-state index in [-0.39, 0.29) is 23.6 Å². The molecular weight excluding hydrogens is 294 g/mol. The van der Waals surface area contributed by atoms with Gasteiger partial charge < -0.3 is 15.7 Å². The molecule has 0 aromatic carbocycles. The number of hydrogen-bond donors (Lipinski definition) is 2. The van der Waals surface area contributed by atoms with Gasteiger partial charge in [0.15, 0.2) is 5.00 Å². The molecule has 3 atom stereocenters. The molecule has 1 aliphatic heterocycles. The van der Waals surface area contributed by atoms with Crippen LogP contribution in [0.25, 0.3) is 0 Å². The van der Waals surface area contributed by atoms with Gasteiger partial charge in [0.05, 0.1) is 16.9 Å². The van der Waals surface area contributed by atoms with Crippen molar-refractivity contribution in [2.75, 3.05) is 11.4 Å². The highest BCUT2D eigenvalue weighted by Crippen LogP contribution is 2.42. The van der Waals surface area contributed by atoms with Crippen LogP contribution in [-0.2, 0) is 4.79 Å². The van der Waals surface area contributed by atoms with Crippen LogP contribution in [0.4, 0.5) is 10.7 Å². The van der Waals surface area contributed by atoms with Crippen LogP contribution < -0.4 is 10.6 Å². The zero-order valence-corrected chi connectivity index (χ0v) is 12.8. The molecular formula is C13H19N3O4S. The summed E-state index contributed by atoms with van der Waals surface area (Å²) < 4.78 is 0. The fraction of sp³-hybridized carbons (Fsp3) is 0.615. The molecule has 3 N–H and O–H groups in total. The third-order valence-electron chi connectivity index (χ3n) is 3.87. The normalized spacial score (nSPS) is 23.9. The molecule has 1 fully saturated rings. The Bertz CT molecular complexity index is 558. The maximum absolute atomic E-state index is 11.4. The fourth-order valence-corrected chi connectivity index (χ4v) is 3.73. The summed E-state index contributed by atoms with van der Waals surface area (Å²) in [6, 6.07) is 1.51. The van der Waals surface area contributed by atoms with Gasteiger partial charge in [0, 0.05) is 23.5 Å². The first-order valence-corrected chi connectivity index (χ1v) is 7.65. The number of aliphatic hydroxyl groups is 1. The van der Waals surface area contributed by atoms with Gasteiger partial charge in [-0.3, -0.25) is 14.9 Å². The third-order valence-corrected chi connectivity index (χ3v) is 5.20. The number of primary amides is 1. The Labute approximate surface area is 126 Å². The molecule has 2 heterocycles. The second-order valence-electron chi connectivity index (χ2n) is 5.45. The Morgan fingerprint density at radius 1 is 1.62 bits per heavy atom. The van der Waals surface area contributed by atoms with Crippen LogP contribution in [0.1, 0.15) is 37.7 Å². The summed E-state index contributed by atoms with van der Waals surface area (Å²) in [5.41, 5.74) is 5.35. The molecule has 1 aromatic rings. The molecule has 0 bridgehead atoms. The molecule has 2 unspecified atom stereocenters. The lowest BCUT2D eigenvalue weighted by Gasteiger charge is -2.37. The Hall–Kier alpha value is -1.67. The van der Waals surface area contributed by atoms with E-state index in [9.17, 15) is 20.0 Å². The van der Waals surface area contributed by atoms with Crippen molar-refractivity contribution in [1.29, 1.82) is 0 Å². The van der Waals surface area contributed by atoms with E-state index in [4.69, 9.17) is 5.73 Å². The van der Waals surface area contributed by atoms with Gasteiger partial charge in [-0.25, -0.2) is 0 Å². The standard InChI is InChI=1S/C13H19N3O4S/c1-7-3-4-9(12(14)18)6-15(7)13-10(16(19)20)5-11(21-13)8(2)17/h5,7-9,17H,3-4,6H2,1-2H3,(H2,14,18)/t7?,8-,9?/m0/s1. The van der Waals surface area contributed by atoms with Crippen molar-refractivity contribution in [1.82, 2.24) is 0 Å². The van der Waals surface area contributed by atoms with Gasteiger partial charge in [0.1, 0.15) is 0 Å². The largest absolute Gasteiger partial charge is 0.388 e. The molecule has 8 heteroatoms. The Morgan fingerprint density at radius 2 is 2.29 bits per heavy atom. The van der Waals surface area contributed by atoms with Crippen LogP contribution in [0.15, 0.2) is 6.07 Å². The average molecular weight is 313 g/mol. The van der Waals surface area contributed by atoms with E-state index < -0.39 is 11.0 Å². The molecule has 116 valence electrons. The number of carbonyl (C=O) groups excluding carboxylic acids is 1. The number of hydrogen-bond acceptors (Lipinski definition) is 6. The molecule has 1 aliphatic rings. The van der Waals surface area contributed by atoms with Crippen molar-refractivity contribution in [3.05, 3.63) is 21.1 Å². The number of carbonyl (C=O) groups is 1. The van der Waals surface area contributed by atoms with E-state index in [1.165, 1.54) is 17.4 Å². The Kier molecular flexibility index (Phi) is 4.48. The van der Waals surface area contributed by atoms with Crippen LogP contribution in [-0.4, -0.2) is 28.5 Å². The smallest absolute Gasteiger partial charge is 0.304 e. The highest BCUT2D eigenvalue weighted by molar-refractivity contribution is 7.16.